The predicted molar refractivity (Wildman–Crippen MR) is 92.3 cm³/mol. The maximum absolute atomic E-state index is 12.0. The summed E-state index contributed by atoms with van der Waals surface area (Å²) >= 11 is 0. The van der Waals surface area contributed by atoms with E-state index >= 15 is 0 Å². The van der Waals surface area contributed by atoms with E-state index < -0.39 is 0 Å². The van der Waals surface area contributed by atoms with Crippen molar-refractivity contribution >= 4 is 16.9 Å². The fourth-order valence-electron chi connectivity index (χ4n) is 2.75. The largest absolute Gasteiger partial charge is 0.355 e. The summed E-state index contributed by atoms with van der Waals surface area (Å²) in [5.74, 6) is 0.0644. The molecule has 0 saturated heterocycles. The highest BCUT2D eigenvalue weighted by atomic mass is 16.1. The molecule has 118 valence electrons. The monoisotopic (exact) mass is 307 g/mol. The Kier molecular flexibility index (Phi) is 4.42. The van der Waals surface area contributed by atoms with Gasteiger partial charge < -0.3 is 9.88 Å². The van der Waals surface area contributed by atoms with Crippen molar-refractivity contribution in [2.45, 2.75) is 19.8 Å². The van der Waals surface area contributed by atoms with Crippen molar-refractivity contribution in [3.05, 3.63) is 65.5 Å². The molecule has 2 aromatic carbocycles. The van der Waals surface area contributed by atoms with E-state index in [0.717, 1.165) is 23.0 Å². The van der Waals surface area contributed by atoms with Crippen LogP contribution in [0, 0.1) is 6.92 Å². The Labute approximate surface area is 136 Å². The molecule has 0 saturated carbocycles. The van der Waals surface area contributed by atoms with Crippen LogP contribution < -0.4 is 5.32 Å². The van der Waals surface area contributed by atoms with Crippen molar-refractivity contribution in [3.63, 3.8) is 0 Å². The molecule has 0 fully saturated rings. The maximum atomic E-state index is 12.0. The van der Waals surface area contributed by atoms with Crippen molar-refractivity contribution in [2.24, 2.45) is 7.05 Å². The van der Waals surface area contributed by atoms with Gasteiger partial charge in [0.05, 0.1) is 23.8 Å². The van der Waals surface area contributed by atoms with Gasteiger partial charge >= 0.3 is 0 Å². The van der Waals surface area contributed by atoms with Crippen LogP contribution in [0.3, 0.4) is 0 Å². The van der Waals surface area contributed by atoms with Gasteiger partial charge in [-0.05, 0) is 36.6 Å². The minimum Gasteiger partial charge on any atom is -0.355 e. The SMILES string of the molecule is Cc1cccc(CC(=O)NCCc2ccc3c(c2)ncn3C)c1. The Morgan fingerprint density at radius 1 is 1.17 bits per heavy atom. The third kappa shape index (κ3) is 3.77. The van der Waals surface area contributed by atoms with E-state index in [-0.39, 0.29) is 5.91 Å². The molecule has 0 aliphatic heterocycles. The Hall–Kier alpha value is -2.62. The van der Waals surface area contributed by atoms with E-state index in [1.807, 2.05) is 43.1 Å². The number of nitrogens with one attached hydrogen (secondary N) is 1. The Bertz CT molecular complexity index is 836. The van der Waals surface area contributed by atoms with E-state index in [9.17, 15) is 4.79 Å². The molecule has 0 spiro atoms. The smallest absolute Gasteiger partial charge is 0.224 e. The summed E-state index contributed by atoms with van der Waals surface area (Å²) in [6.07, 6.45) is 3.06. The summed E-state index contributed by atoms with van der Waals surface area (Å²) in [5.41, 5.74) is 5.54. The Balaban J connectivity index is 1.52. The van der Waals surface area contributed by atoms with Crippen LogP contribution in [0.15, 0.2) is 48.8 Å². The second kappa shape index (κ2) is 6.65. The standard InChI is InChI=1S/C19H21N3O/c1-14-4-3-5-16(10-14)12-19(23)20-9-8-15-6-7-18-17(11-15)21-13-22(18)2/h3-7,10-11,13H,8-9,12H2,1-2H3,(H,20,23). The van der Waals surface area contributed by atoms with Crippen LogP contribution in [-0.2, 0) is 24.7 Å². The summed E-state index contributed by atoms with van der Waals surface area (Å²) in [5, 5.41) is 2.99. The molecule has 1 heterocycles. The van der Waals surface area contributed by atoms with Gasteiger partial charge in [0.15, 0.2) is 0 Å². The molecular weight excluding hydrogens is 286 g/mol. The predicted octanol–water partition coefficient (Wildman–Crippen LogP) is 2.78. The number of imidazole rings is 1. The third-order valence-corrected chi connectivity index (χ3v) is 3.97. The summed E-state index contributed by atoms with van der Waals surface area (Å²) in [7, 11) is 1.99. The lowest BCUT2D eigenvalue weighted by atomic mass is 10.1. The zero-order valence-corrected chi connectivity index (χ0v) is 13.5. The topological polar surface area (TPSA) is 46.9 Å². The number of aromatic nitrogens is 2. The van der Waals surface area contributed by atoms with Gasteiger partial charge in [0.1, 0.15) is 0 Å². The number of rotatable bonds is 5. The molecule has 0 radical (unpaired) electrons. The number of hydrogen-bond acceptors (Lipinski definition) is 2. The van der Waals surface area contributed by atoms with Crippen LogP contribution in [0.25, 0.3) is 11.0 Å². The number of aryl methyl sites for hydroxylation is 2. The first-order valence-electron chi connectivity index (χ1n) is 7.84. The van der Waals surface area contributed by atoms with Gasteiger partial charge in [0.25, 0.3) is 0 Å². The van der Waals surface area contributed by atoms with Crippen LogP contribution >= 0.6 is 0 Å². The van der Waals surface area contributed by atoms with E-state index in [0.29, 0.717) is 13.0 Å². The molecule has 1 aromatic heterocycles. The molecule has 3 rings (SSSR count). The van der Waals surface area contributed by atoms with E-state index in [1.54, 1.807) is 0 Å². The summed E-state index contributed by atoms with van der Waals surface area (Å²) in [6.45, 7) is 2.68. The van der Waals surface area contributed by atoms with Crippen LogP contribution in [0.2, 0.25) is 0 Å². The van der Waals surface area contributed by atoms with E-state index in [1.165, 1.54) is 11.1 Å². The molecule has 1 N–H and O–H groups in total. The fraction of sp³-hybridized carbons (Fsp3) is 0.263. The van der Waals surface area contributed by atoms with Gasteiger partial charge in [0.2, 0.25) is 5.91 Å². The van der Waals surface area contributed by atoms with Crippen molar-refractivity contribution in [3.8, 4) is 0 Å². The van der Waals surface area contributed by atoms with Gasteiger partial charge in [-0.25, -0.2) is 4.98 Å². The zero-order valence-electron chi connectivity index (χ0n) is 13.5. The summed E-state index contributed by atoms with van der Waals surface area (Å²) in [6, 6.07) is 14.3. The number of amides is 1. The molecule has 3 aromatic rings. The second-order valence-electron chi connectivity index (χ2n) is 5.94. The highest BCUT2D eigenvalue weighted by Gasteiger charge is 2.04. The van der Waals surface area contributed by atoms with Gasteiger partial charge in [-0.15, -0.1) is 0 Å². The zero-order chi connectivity index (χ0) is 16.2. The van der Waals surface area contributed by atoms with Crippen molar-refractivity contribution in [1.82, 2.24) is 14.9 Å². The Morgan fingerprint density at radius 2 is 2.04 bits per heavy atom. The van der Waals surface area contributed by atoms with Crippen LogP contribution in [0.5, 0.6) is 0 Å². The highest BCUT2D eigenvalue weighted by molar-refractivity contribution is 5.78. The first-order valence-corrected chi connectivity index (χ1v) is 7.84. The quantitative estimate of drug-likeness (QED) is 0.788. The second-order valence-corrected chi connectivity index (χ2v) is 5.94. The number of benzene rings is 2. The van der Waals surface area contributed by atoms with Crippen molar-refractivity contribution in [1.29, 1.82) is 0 Å². The van der Waals surface area contributed by atoms with Crippen molar-refractivity contribution in [2.75, 3.05) is 6.54 Å². The molecule has 0 aliphatic carbocycles. The minimum absolute atomic E-state index is 0.0644. The molecule has 23 heavy (non-hydrogen) atoms. The van der Waals surface area contributed by atoms with E-state index in [2.05, 4.69) is 34.6 Å². The summed E-state index contributed by atoms with van der Waals surface area (Å²) < 4.78 is 2.00. The molecule has 1 amide bonds. The average Bonchev–Trinajstić information content (AvgIpc) is 2.88. The number of nitrogens with zero attached hydrogens (tertiary/aromatic N) is 2. The molecular formula is C19H21N3O. The molecule has 0 aliphatic rings. The molecule has 0 bridgehead atoms. The van der Waals surface area contributed by atoms with Crippen molar-refractivity contribution < 1.29 is 4.79 Å². The first-order chi connectivity index (χ1) is 11.1. The summed E-state index contributed by atoms with van der Waals surface area (Å²) in [4.78, 5) is 16.4. The molecule has 0 unspecified atom stereocenters. The average molecular weight is 307 g/mol. The number of fused-ring (bicyclic) bond motifs is 1. The number of carbonyl (C=O) groups excluding carboxylic acids is 1. The van der Waals surface area contributed by atoms with Crippen LogP contribution in [-0.4, -0.2) is 22.0 Å². The molecule has 0 atom stereocenters. The van der Waals surface area contributed by atoms with Gasteiger partial charge in [0, 0.05) is 13.6 Å². The lowest BCUT2D eigenvalue weighted by Gasteiger charge is -2.06. The fourth-order valence-corrected chi connectivity index (χ4v) is 2.75. The lowest BCUT2D eigenvalue weighted by Crippen LogP contribution is -2.27. The minimum atomic E-state index is 0.0644. The van der Waals surface area contributed by atoms with Gasteiger partial charge in [-0.1, -0.05) is 35.9 Å². The van der Waals surface area contributed by atoms with E-state index in [4.69, 9.17) is 0 Å². The highest BCUT2D eigenvalue weighted by Crippen LogP contribution is 2.14. The normalized spacial score (nSPS) is 10.9. The van der Waals surface area contributed by atoms with Gasteiger partial charge in [-0.3, -0.25) is 4.79 Å². The van der Waals surface area contributed by atoms with Crippen LogP contribution in [0.4, 0.5) is 0 Å². The number of hydrogen-bond donors (Lipinski definition) is 1. The number of carbonyl (C=O) groups is 1. The lowest BCUT2D eigenvalue weighted by molar-refractivity contribution is -0.120. The molecule has 4 heteroatoms. The maximum Gasteiger partial charge on any atom is 0.224 e. The Morgan fingerprint density at radius 3 is 2.87 bits per heavy atom. The first kappa shape index (κ1) is 15.3. The van der Waals surface area contributed by atoms with Crippen LogP contribution in [0.1, 0.15) is 16.7 Å². The third-order valence-electron chi connectivity index (χ3n) is 3.97. The van der Waals surface area contributed by atoms with Gasteiger partial charge in [-0.2, -0.15) is 0 Å². The molecule has 4 nitrogen and oxygen atoms in total.